The Morgan fingerprint density at radius 2 is 1.76 bits per heavy atom. The van der Waals surface area contributed by atoms with Crippen LogP contribution in [0.15, 0.2) is 60.8 Å². The van der Waals surface area contributed by atoms with Crippen molar-refractivity contribution in [2.75, 3.05) is 7.11 Å². The monoisotopic (exact) mass is 331 g/mol. The second kappa shape index (κ2) is 6.60. The Labute approximate surface area is 147 Å². The minimum Gasteiger partial charge on any atom is -0.497 e. The highest BCUT2D eigenvalue weighted by Crippen LogP contribution is 2.34. The lowest BCUT2D eigenvalue weighted by molar-refractivity contribution is 0.0972. The zero-order valence-electron chi connectivity index (χ0n) is 14.4. The molecule has 25 heavy (non-hydrogen) atoms. The molecule has 0 bridgehead atoms. The number of ketones is 1. The Hall–Kier alpha value is -2.81. The largest absolute Gasteiger partial charge is 0.497 e. The van der Waals surface area contributed by atoms with E-state index in [-0.39, 0.29) is 5.78 Å². The van der Waals surface area contributed by atoms with E-state index in [1.54, 1.807) is 7.11 Å². The van der Waals surface area contributed by atoms with Gasteiger partial charge in [0, 0.05) is 36.0 Å². The Morgan fingerprint density at radius 1 is 1.00 bits per heavy atom. The first-order valence-corrected chi connectivity index (χ1v) is 8.70. The lowest BCUT2D eigenvalue weighted by Crippen LogP contribution is -2.14. The molecule has 0 aliphatic heterocycles. The zero-order valence-corrected chi connectivity index (χ0v) is 14.4. The van der Waals surface area contributed by atoms with E-state index in [1.807, 2.05) is 30.3 Å². The van der Waals surface area contributed by atoms with E-state index >= 15 is 0 Å². The summed E-state index contributed by atoms with van der Waals surface area (Å²) in [6.07, 6.45) is 4.69. The number of hydrogen-bond donors (Lipinski definition) is 0. The molecule has 3 aromatic rings. The van der Waals surface area contributed by atoms with Crippen LogP contribution in [0.3, 0.4) is 0 Å². The molecule has 1 heterocycles. The molecule has 0 N–H and O–H groups in total. The molecule has 0 fully saturated rings. The normalized spacial score (nSPS) is 13.6. The molecule has 0 saturated heterocycles. The third kappa shape index (κ3) is 2.98. The molecule has 3 heteroatoms. The topological polar surface area (TPSA) is 31.2 Å². The number of rotatable bonds is 4. The van der Waals surface area contributed by atoms with Crippen LogP contribution in [0.4, 0.5) is 0 Å². The van der Waals surface area contributed by atoms with Gasteiger partial charge in [0.1, 0.15) is 5.75 Å². The van der Waals surface area contributed by atoms with Gasteiger partial charge in [0.25, 0.3) is 0 Å². The fourth-order valence-electron chi connectivity index (χ4n) is 3.63. The van der Waals surface area contributed by atoms with Crippen molar-refractivity contribution in [2.45, 2.75) is 25.8 Å². The molecule has 4 rings (SSSR count). The smallest absolute Gasteiger partial charge is 0.165 e. The molecule has 3 nitrogen and oxygen atoms in total. The van der Waals surface area contributed by atoms with E-state index < -0.39 is 0 Å². The Balaban J connectivity index is 1.79. The van der Waals surface area contributed by atoms with Crippen LogP contribution in [0.1, 0.15) is 34.5 Å². The predicted octanol–water partition coefficient (Wildman–Crippen LogP) is 4.73. The fourth-order valence-corrected chi connectivity index (χ4v) is 3.63. The molecule has 0 unspecified atom stereocenters. The first kappa shape index (κ1) is 15.7. The highest BCUT2D eigenvalue weighted by atomic mass is 16.5. The van der Waals surface area contributed by atoms with Crippen molar-refractivity contribution < 1.29 is 9.53 Å². The van der Waals surface area contributed by atoms with E-state index in [2.05, 4.69) is 35.0 Å². The van der Waals surface area contributed by atoms with Crippen molar-refractivity contribution in [3.8, 4) is 16.9 Å². The zero-order chi connectivity index (χ0) is 17.2. The van der Waals surface area contributed by atoms with Crippen LogP contribution in [0.2, 0.25) is 0 Å². The van der Waals surface area contributed by atoms with E-state index in [4.69, 9.17) is 4.74 Å². The first-order valence-electron chi connectivity index (χ1n) is 8.70. The number of hydrogen-bond acceptors (Lipinski definition) is 2. The van der Waals surface area contributed by atoms with Crippen molar-refractivity contribution in [3.05, 3.63) is 77.6 Å². The average molecular weight is 331 g/mol. The molecule has 0 spiro atoms. The molecular formula is C22H21NO2. The van der Waals surface area contributed by atoms with Gasteiger partial charge in [0.2, 0.25) is 0 Å². The van der Waals surface area contributed by atoms with Gasteiger partial charge in [-0.3, -0.25) is 4.79 Å². The van der Waals surface area contributed by atoms with E-state index in [0.29, 0.717) is 6.42 Å². The standard InChI is InChI=1S/C22H21NO2/c1-25-18-12-10-17(11-13-18)19-15-23(14-16-6-3-2-4-7-16)20-8-5-9-21(24)22(19)20/h2-4,6-7,10-13,15H,5,8-9,14H2,1H3. The summed E-state index contributed by atoms with van der Waals surface area (Å²) in [5.41, 5.74) is 5.44. The molecule has 1 aliphatic rings. The van der Waals surface area contributed by atoms with Crippen molar-refractivity contribution in [3.63, 3.8) is 0 Å². The van der Waals surface area contributed by atoms with Gasteiger partial charge in [0.05, 0.1) is 7.11 Å². The Bertz CT molecular complexity index is 892. The van der Waals surface area contributed by atoms with Crippen molar-refractivity contribution in [1.29, 1.82) is 0 Å². The fraction of sp³-hybridized carbons (Fsp3) is 0.227. The summed E-state index contributed by atoms with van der Waals surface area (Å²) in [7, 11) is 1.66. The van der Waals surface area contributed by atoms with Gasteiger partial charge in [-0.2, -0.15) is 0 Å². The molecular weight excluding hydrogens is 310 g/mol. The predicted molar refractivity (Wildman–Crippen MR) is 99.2 cm³/mol. The quantitative estimate of drug-likeness (QED) is 0.692. The summed E-state index contributed by atoms with van der Waals surface area (Å²) in [6.45, 7) is 0.798. The average Bonchev–Trinajstić information content (AvgIpc) is 3.02. The van der Waals surface area contributed by atoms with Crippen LogP contribution in [0.25, 0.3) is 11.1 Å². The van der Waals surface area contributed by atoms with Crippen LogP contribution >= 0.6 is 0 Å². The number of nitrogens with zero attached hydrogens (tertiary/aromatic N) is 1. The van der Waals surface area contributed by atoms with Gasteiger partial charge in [-0.1, -0.05) is 42.5 Å². The van der Waals surface area contributed by atoms with Gasteiger partial charge in [-0.15, -0.1) is 0 Å². The third-order valence-electron chi connectivity index (χ3n) is 4.88. The maximum absolute atomic E-state index is 12.6. The highest BCUT2D eigenvalue weighted by molar-refractivity contribution is 6.04. The van der Waals surface area contributed by atoms with Crippen LogP contribution in [0, 0.1) is 0 Å². The van der Waals surface area contributed by atoms with Gasteiger partial charge in [0.15, 0.2) is 5.78 Å². The maximum atomic E-state index is 12.6. The number of carbonyl (C=O) groups is 1. The van der Waals surface area contributed by atoms with Crippen LogP contribution in [-0.2, 0) is 13.0 Å². The van der Waals surface area contributed by atoms with E-state index in [0.717, 1.165) is 41.8 Å². The highest BCUT2D eigenvalue weighted by Gasteiger charge is 2.26. The van der Waals surface area contributed by atoms with Crippen molar-refractivity contribution in [2.24, 2.45) is 0 Å². The molecule has 1 aliphatic carbocycles. The lowest BCUT2D eigenvalue weighted by Gasteiger charge is -2.15. The number of carbonyl (C=O) groups excluding carboxylic acids is 1. The molecule has 126 valence electrons. The number of Topliss-reactive ketones (excluding diaryl/α,β-unsaturated/α-hetero) is 1. The number of aromatic nitrogens is 1. The number of fused-ring (bicyclic) bond motifs is 1. The van der Waals surface area contributed by atoms with Gasteiger partial charge in [-0.25, -0.2) is 0 Å². The summed E-state index contributed by atoms with van der Waals surface area (Å²) in [6, 6.07) is 18.4. The molecule has 0 radical (unpaired) electrons. The van der Waals surface area contributed by atoms with Crippen LogP contribution in [-0.4, -0.2) is 17.5 Å². The molecule has 0 amide bonds. The summed E-state index contributed by atoms with van der Waals surface area (Å²) in [4.78, 5) is 12.6. The SMILES string of the molecule is COc1ccc(-c2cn(Cc3ccccc3)c3c2C(=O)CCC3)cc1. The lowest BCUT2D eigenvalue weighted by atomic mass is 9.91. The van der Waals surface area contributed by atoms with Crippen molar-refractivity contribution >= 4 is 5.78 Å². The van der Waals surface area contributed by atoms with Gasteiger partial charge < -0.3 is 9.30 Å². The first-order chi connectivity index (χ1) is 12.3. The minimum absolute atomic E-state index is 0.263. The second-order valence-electron chi connectivity index (χ2n) is 6.48. The maximum Gasteiger partial charge on any atom is 0.165 e. The summed E-state index contributed by atoms with van der Waals surface area (Å²) in [5.74, 6) is 1.09. The van der Waals surface area contributed by atoms with E-state index in [1.165, 1.54) is 11.3 Å². The number of methoxy groups -OCH3 is 1. The van der Waals surface area contributed by atoms with Gasteiger partial charge in [-0.05, 0) is 36.1 Å². The van der Waals surface area contributed by atoms with Crippen molar-refractivity contribution in [1.82, 2.24) is 4.57 Å². The minimum atomic E-state index is 0.263. The number of benzene rings is 2. The summed E-state index contributed by atoms with van der Waals surface area (Å²) in [5, 5.41) is 0. The van der Waals surface area contributed by atoms with E-state index in [9.17, 15) is 4.79 Å². The Kier molecular flexibility index (Phi) is 4.14. The van der Waals surface area contributed by atoms with Gasteiger partial charge >= 0.3 is 0 Å². The molecule has 0 atom stereocenters. The second-order valence-corrected chi connectivity index (χ2v) is 6.48. The van der Waals surface area contributed by atoms with Crippen LogP contribution in [0.5, 0.6) is 5.75 Å². The molecule has 0 saturated carbocycles. The summed E-state index contributed by atoms with van der Waals surface area (Å²) < 4.78 is 7.50. The van der Waals surface area contributed by atoms with Crippen LogP contribution < -0.4 is 4.74 Å². The molecule has 1 aromatic heterocycles. The Morgan fingerprint density at radius 3 is 2.48 bits per heavy atom. The summed E-state index contributed by atoms with van der Waals surface area (Å²) >= 11 is 0. The number of ether oxygens (including phenoxy) is 1. The third-order valence-corrected chi connectivity index (χ3v) is 4.88. The molecule has 2 aromatic carbocycles.